The molecule has 0 atom stereocenters. The Hall–Kier alpha value is -2.35. The van der Waals surface area contributed by atoms with Crippen molar-refractivity contribution in [3.63, 3.8) is 0 Å². The largest absolute Gasteiger partial charge is 0.399 e. The van der Waals surface area contributed by atoms with Crippen molar-refractivity contribution in [1.29, 1.82) is 0 Å². The molecule has 0 spiro atoms. The molecule has 0 radical (unpaired) electrons. The fourth-order valence-corrected chi connectivity index (χ4v) is 3.14. The number of aromatic nitrogens is 4. The zero-order valence-electron chi connectivity index (χ0n) is 10.7. The third-order valence-electron chi connectivity index (χ3n) is 2.89. The molecule has 0 bridgehead atoms. The quantitative estimate of drug-likeness (QED) is 0.696. The molecule has 3 N–H and O–H groups in total. The van der Waals surface area contributed by atoms with Crippen molar-refractivity contribution in [2.24, 2.45) is 7.05 Å². The molecule has 104 valence electrons. The van der Waals surface area contributed by atoms with Crippen LogP contribution in [0.4, 0.5) is 5.69 Å². The lowest BCUT2D eigenvalue weighted by atomic mass is 10.3. The van der Waals surface area contributed by atoms with Gasteiger partial charge in [0.15, 0.2) is 0 Å². The van der Waals surface area contributed by atoms with Crippen molar-refractivity contribution in [3.8, 4) is 0 Å². The Morgan fingerprint density at radius 2 is 2.15 bits per heavy atom. The Bertz CT molecular complexity index is 878. The molecule has 20 heavy (non-hydrogen) atoms. The Labute approximate surface area is 115 Å². The molecule has 0 aliphatic carbocycles. The Morgan fingerprint density at radius 3 is 2.85 bits per heavy atom. The lowest BCUT2D eigenvalue weighted by Gasteiger charge is -1.97. The van der Waals surface area contributed by atoms with Gasteiger partial charge >= 0.3 is 0 Å². The third-order valence-corrected chi connectivity index (χ3v) is 4.34. The van der Waals surface area contributed by atoms with Crippen molar-refractivity contribution < 1.29 is 8.42 Å². The van der Waals surface area contributed by atoms with E-state index >= 15 is 0 Å². The van der Waals surface area contributed by atoms with Crippen LogP contribution >= 0.6 is 0 Å². The maximum atomic E-state index is 12.3. The Kier molecular flexibility index (Phi) is 2.75. The molecule has 3 rings (SSSR count). The van der Waals surface area contributed by atoms with Crippen LogP contribution in [0.5, 0.6) is 0 Å². The molecule has 7 nitrogen and oxygen atoms in total. The molecule has 2 aromatic heterocycles. The van der Waals surface area contributed by atoms with Gasteiger partial charge in [-0.2, -0.15) is 5.10 Å². The normalized spacial score (nSPS) is 12.1. The van der Waals surface area contributed by atoms with Gasteiger partial charge in [0.25, 0.3) is 0 Å². The first-order chi connectivity index (χ1) is 9.44. The summed E-state index contributed by atoms with van der Waals surface area (Å²) in [7, 11) is -1.82. The first-order valence-electron chi connectivity index (χ1n) is 5.90. The molecular formula is C12H13N5O2S. The van der Waals surface area contributed by atoms with Crippen LogP contribution in [-0.4, -0.2) is 28.2 Å². The maximum absolute atomic E-state index is 12.3. The highest BCUT2D eigenvalue weighted by Gasteiger charge is 2.21. The summed E-state index contributed by atoms with van der Waals surface area (Å²) in [5.74, 6) is -0.191. The minimum atomic E-state index is -3.56. The molecule has 0 saturated carbocycles. The number of H-pyrrole nitrogens is 1. The van der Waals surface area contributed by atoms with Gasteiger partial charge < -0.3 is 10.7 Å². The van der Waals surface area contributed by atoms with Crippen LogP contribution in [0.15, 0.2) is 35.6 Å². The molecule has 0 aliphatic heterocycles. The number of imidazole rings is 1. The number of nitrogens with two attached hydrogens (primary N) is 1. The zero-order valence-corrected chi connectivity index (χ0v) is 11.6. The SMILES string of the molecule is Cn1ccc(CS(=O)(=O)c2nc3ccc(N)cc3[nH]2)n1. The Morgan fingerprint density at radius 1 is 1.35 bits per heavy atom. The second kappa shape index (κ2) is 4.34. The predicted molar refractivity (Wildman–Crippen MR) is 74.6 cm³/mol. The number of nitrogens with zero attached hydrogens (tertiary/aromatic N) is 3. The van der Waals surface area contributed by atoms with E-state index < -0.39 is 9.84 Å². The number of nitrogens with one attached hydrogen (secondary N) is 1. The van der Waals surface area contributed by atoms with Gasteiger partial charge in [0, 0.05) is 18.9 Å². The molecule has 0 unspecified atom stereocenters. The molecule has 0 saturated heterocycles. The lowest BCUT2D eigenvalue weighted by Crippen LogP contribution is -2.07. The topological polar surface area (TPSA) is 107 Å². The predicted octanol–water partition coefficient (Wildman–Crippen LogP) is 0.853. The number of hydrogen-bond donors (Lipinski definition) is 2. The van der Waals surface area contributed by atoms with Crippen molar-refractivity contribution in [1.82, 2.24) is 19.7 Å². The number of rotatable bonds is 3. The number of aromatic amines is 1. The summed E-state index contributed by atoms with van der Waals surface area (Å²) in [4.78, 5) is 6.88. The smallest absolute Gasteiger partial charge is 0.226 e. The van der Waals surface area contributed by atoms with Crippen molar-refractivity contribution in [2.75, 3.05) is 5.73 Å². The van der Waals surface area contributed by atoms with E-state index in [2.05, 4.69) is 15.1 Å². The highest BCUT2D eigenvalue weighted by Crippen LogP contribution is 2.19. The molecule has 0 aliphatic rings. The molecule has 3 aromatic rings. The van der Waals surface area contributed by atoms with Crippen LogP contribution in [0.3, 0.4) is 0 Å². The van der Waals surface area contributed by atoms with Crippen LogP contribution < -0.4 is 5.73 Å². The second-order valence-corrected chi connectivity index (χ2v) is 6.46. The van der Waals surface area contributed by atoms with Crippen molar-refractivity contribution >= 4 is 26.6 Å². The number of fused-ring (bicyclic) bond motifs is 1. The van der Waals surface area contributed by atoms with E-state index in [0.29, 0.717) is 22.4 Å². The summed E-state index contributed by atoms with van der Waals surface area (Å²) in [5, 5.41) is 4.00. The standard InChI is InChI=1S/C12H13N5O2S/c1-17-5-4-9(16-17)7-20(18,19)12-14-10-3-2-8(13)6-11(10)15-12/h2-6H,7,13H2,1H3,(H,14,15). The molecule has 1 aromatic carbocycles. The van der Waals surface area contributed by atoms with Gasteiger partial charge in [-0.05, 0) is 24.3 Å². The summed E-state index contributed by atoms with van der Waals surface area (Å²) in [6, 6.07) is 6.68. The molecule has 8 heteroatoms. The first kappa shape index (κ1) is 12.7. The van der Waals surface area contributed by atoms with Gasteiger partial charge in [0.2, 0.25) is 15.0 Å². The van der Waals surface area contributed by atoms with E-state index in [1.807, 2.05) is 0 Å². The van der Waals surface area contributed by atoms with Crippen molar-refractivity contribution in [3.05, 3.63) is 36.2 Å². The van der Waals surface area contributed by atoms with E-state index in [0.717, 1.165) is 0 Å². The van der Waals surface area contributed by atoms with E-state index in [4.69, 9.17) is 5.73 Å². The van der Waals surface area contributed by atoms with Crippen LogP contribution in [0.1, 0.15) is 5.69 Å². The summed E-state index contributed by atoms with van der Waals surface area (Å²) in [5.41, 5.74) is 7.86. The minimum absolute atomic E-state index is 0.0660. The molecular weight excluding hydrogens is 278 g/mol. The van der Waals surface area contributed by atoms with Gasteiger partial charge in [0.1, 0.15) is 5.75 Å². The summed E-state index contributed by atoms with van der Waals surface area (Å²) in [6.45, 7) is 0. The monoisotopic (exact) mass is 291 g/mol. The van der Waals surface area contributed by atoms with E-state index in [1.165, 1.54) is 0 Å². The van der Waals surface area contributed by atoms with Crippen LogP contribution in [0.2, 0.25) is 0 Å². The molecule has 0 amide bonds. The van der Waals surface area contributed by atoms with E-state index in [1.54, 1.807) is 42.2 Å². The van der Waals surface area contributed by atoms with E-state index in [9.17, 15) is 8.42 Å². The van der Waals surface area contributed by atoms with Gasteiger partial charge in [-0.3, -0.25) is 4.68 Å². The average Bonchev–Trinajstić information content (AvgIpc) is 2.95. The number of nitrogen functional groups attached to an aromatic ring is 1. The molecule has 0 fully saturated rings. The number of hydrogen-bond acceptors (Lipinski definition) is 5. The fourth-order valence-electron chi connectivity index (χ4n) is 1.95. The van der Waals surface area contributed by atoms with Crippen molar-refractivity contribution in [2.45, 2.75) is 10.9 Å². The van der Waals surface area contributed by atoms with Gasteiger partial charge in [0.05, 0.1) is 16.7 Å². The van der Waals surface area contributed by atoms with Gasteiger partial charge in [-0.1, -0.05) is 0 Å². The zero-order chi connectivity index (χ0) is 14.3. The highest BCUT2D eigenvalue weighted by molar-refractivity contribution is 7.90. The van der Waals surface area contributed by atoms with E-state index in [-0.39, 0.29) is 10.9 Å². The Balaban J connectivity index is 2.00. The van der Waals surface area contributed by atoms with Crippen LogP contribution in [-0.2, 0) is 22.6 Å². The number of aryl methyl sites for hydroxylation is 1. The number of anilines is 1. The van der Waals surface area contributed by atoms with Gasteiger partial charge in [-0.15, -0.1) is 0 Å². The van der Waals surface area contributed by atoms with Crippen LogP contribution in [0, 0.1) is 0 Å². The average molecular weight is 291 g/mol. The van der Waals surface area contributed by atoms with Gasteiger partial charge in [-0.25, -0.2) is 13.4 Å². The molecule has 2 heterocycles. The summed E-state index contributed by atoms with van der Waals surface area (Å²) < 4.78 is 26.1. The third kappa shape index (κ3) is 2.25. The maximum Gasteiger partial charge on any atom is 0.226 e. The minimum Gasteiger partial charge on any atom is -0.399 e. The second-order valence-electron chi connectivity index (χ2n) is 4.56. The first-order valence-corrected chi connectivity index (χ1v) is 7.56. The number of benzene rings is 1. The lowest BCUT2D eigenvalue weighted by molar-refractivity contribution is 0.587. The van der Waals surface area contributed by atoms with Crippen LogP contribution in [0.25, 0.3) is 11.0 Å². The highest BCUT2D eigenvalue weighted by atomic mass is 32.2. The summed E-state index contributed by atoms with van der Waals surface area (Å²) in [6.07, 6.45) is 1.70. The summed E-state index contributed by atoms with van der Waals surface area (Å²) >= 11 is 0. The number of sulfone groups is 1. The fraction of sp³-hybridized carbons (Fsp3) is 0.167.